The fourth-order valence-corrected chi connectivity index (χ4v) is 4.23. The van der Waals surface area contributed by atoms with E-state index in [0.717, 1.165) is 24.2 Å². The summed E-state index contributed by atoms with van der Waals surface area (Å²) in [5.74, 6) is 2.12. The molecule has 3 aliphatic rings. The van der Waals surface area contributed by atoms with Gasteiger partial charge in [-0.3, -0.25) is 4.99 Å². The van der Waals surface area contributed by atoms with E-state index in [4.69, 9.17) is 5.73 Å². The molecule has 2 fully saturated rings. The summed E-state index contributed by atoms with van der Waals surface area (Å²) in [5.41, 5.74) is 6.18. The lowest BCUT2D eigenvalue weighted by Crippen LogP contribution is -2.52. The molecule has 7 heteroatoms. The van der Waals surface area contributed by atoms with Crippen LogP contribution in [-0.2, 0) is 0 Å². The van der Waals surface area contributed by atoms with Gasteiger partial charge in [-0.15, -0.1) is 0 Å². The normalized spacial score (nSPS) is 36.4. The highest BCUT2D eigenvalue weighted by molar-refractivity contribution is 5.93. The first-order valence-electron chi connectivity index (χ1n) is 9.00. The zero-order valence-corrected chi connectivity index (χ0v) is 15.1. The van der Waals surface area contributed by atoms with Crippen molar-refractivity contribution < 1.29 is 0 Å². The molecular weight excluding hydrogens is 302 g/mol. The third kappa shape index (κ3) is 3.83. The van der Waals surface area contributed by atoms with Crippen LogP contribution in [0.15, 0.2) is 22.3 Å². The zero-order valence-electron chi connectivity index (χ0n) is 15.1. The Morgan fingerprint density at radius 1 is 1.33 bits per heavy atom. The van der Waals surface area contributed by atoms with Gasteiger partial charge in [0.05, 0.1) is 0 Å². The summed E-state index contributed by atoms with van der Waals surface area (Å²) in [5, 5.41) is 6.69. The van der Waals surface area contributed by atoms with Gasteiger partial charge in [0.15, 0.2) is 5.96 Å². The number of nitrogens with zero attached hydrogens (tertiary/aromatic N) is 4. The van der Waals surface area contributed by atoms with E-state index in [9.17, 15) is 0 Å². The molecule has 7 nitrogen and oxygen atoms in total. The largest absolute Gasteiger partial charge is 0.370 e. The van der Waals surface area contributed by atoms with Crippen LogP contribution >= 0.6 is 0 Å². The molecule has 0 aromatic carbocycles. The van der Waals surface area contributed by atoms with Crippen LogP contribution in [0.3, 0.4) is 0 Å². The molecule has 0 spiro atoms. The Labute approximate surface area is 145 Å². The average Bonchev–Trinajstić information content (AvgIpc) is 2.57. The van der Waals surface area contributed by atoms with Crippen LogP contribution in [0.5, 0.6) is 0 Å². The summed E-state index contributed by atoms with van der Waals surface area (Å²) in [7, 11) is 6.01. The third-order valence-electron chi connectivity index (χ3n) is 5.58. The van der Waals surface area contributed by atoms with Gasteiger partial charge in [0, 0.05) is 32.4 Å². The van der Waals surface area contributed by atoms with E-state index in [0.29, 0.717) is 12.0 Å². The summed E-state index contributed by atoms with van der Waals surface area (Å²) in [6, 6.07) is 1.19. The molecule has 134 valence electrons. The van der Waals surface area contributed by atoms with Crippen LogP contribution in [0, 0.1) is 5.92 Å². The SMILES string of the molecule is CN=C1C=CN(C)C(/N=C(\N)NC2CCC3C(CCCN3C)C2)N1. The van der Waals surface area contributed by atoms with Crippen LogP contribution in [0.1, 0.15) is 32.1 Å². The summed E-state index contributed by atoms with van der Waals surface area (Å²) in [6.45, 7) is 1.25. The van der Waals surface area contributed by atoms with Gasteiger partial charge in [0.2, 0.25) is 6.29 Å². The van der Waals surface area contributed by atoms with Gasteiger partial charge in [-0.05, 0) is 57.7 Å². The maximum atomic E-state index is 6.18. The highest BCUT2D eigenvalue weighted by Gasteiger charge is 2.35. The zero-order chi connectivity index (χ0) is 17.1. The second kappa shape index (κ2) is 7.42. The number of aliphatic imine (C=N–C) groups is 2. The first-order valence-corrected chi connectivity index (χ1v) is 9.00. The topological polar surface area (TPSA) is 81.3 Å². The Bertz CT molecular complexity index is 527. The lowest BCUT2D eigenvalue weighted by atomic mass is 9.76. The number of fused-ring (bicyclic) bond motifs is 1. The quantitative estimate of drug-likeness (QED) is 0.507. The van der Waals surface area contributed by atoms with E-state index < -0.39 is 0 Å². The molecule has 1 aliphatic carbocycles. The van der Waals surface area contributed by atoms with Gasteiger partial charge in [0.1, 0.15) is 5.84 Å². The van der Waals surface area contributed by atoms with Crippen LogP contribution in [-0.4, -0.2) is 67.7 Å². The average molecular weight is 333 g/mol. The van der Waals surface area contributed by atoms with E-state index in [1.807, 2.05) is 24.2 Å². The van der Waals surface area contributed by atoms with E-state index in [2.05, 4.69) is 32.6 Å². The molecule has 2 heterocycles. The Balaban J connectivity index is 1.57. The molecule has 1 saturated carbocycles. The maximum absolute atomic E-state index is 6.18. The number of nitrogens with two attached hydrogens (primary N) is 1. The second-order valence-electron chi connectivity index (χ2n) is 7.23. The van der Waals surface area contributed by atoms with Crippen molar-refractivity contribution in [3.8, 4) is 0 Å². The second-order valence-corrected chi connectivity index (χ2v) is 7.23. The minimum Gasteiger partial charge on any atom is -0.370 e. The smallest absolute Gasteiger partial charge is 0.200 e. The van der Waals surface area contributed by atoms with E-state index in [1.165, 1.54) is 32.2 Å². The number of piperidine rings is 1. The number of amidine groups is 1. The van der Waals surface area contributed by atoms with Crippen molar-refractivity contribution in [3.05, 3.63) is 12.3 Å². The minimum atomic E-state index is -0.210. The van der Waals surface area contributed by atoms with Crippen LogP contribution in [0.25, 0.3) is 0 Å². The standard InChI is InChI=1S/C17H31N7/c1-19-15-8-10-24(3)17(21-15)22-16(18)20-13-6-7-14-12(11-13)5-4-9-23(14)2/h8,10,12-14,17H,4-7,9,11H2,1-3H3,(H,19,21)(H3,18,20,22). The van der Waals surface area contributed by atoms with Crippen LogP contribution in [0.4, 0.5) is 0 Å². The predicted molar refractivity (Wildman–Crippen MR) is 98.7 cm³/mol. The van der Waals surface area contributed by atoms with E-state index in [-0.39, 0.29) is 6.29 Å². The van der Waals surface area contributed by atoms with Crippen LogP contribution < -0.4 is 16.4 Å². The first kappa shape index (κ1) is 17.1. The lowest BCUT2D eigenvalue weighted by molar-refractivity contribution is 0.0735. The molecule has 0 aromatic heterocycles. The highest BCUT2D eigenvalue weighted by atomic mass is 15.4. The van der Waals surface area contributed by atoms with Crippen molar-refractivity contribution >= 4 is 11.8 Å². The number of likely N-dealkylation sites (tertiary alicyclic amines) is 1. The van der Waals surface area contributed by atoms with Crippen molar-refractivity contribution in [3.63, 3.8) is 0 Å². The Morgan fingerprint density at radius 3 is 2.96 bits per heavy atom. The monoisotopic (exact) mass is 333 g/mol. The molecule has 4 N–H and O–H groups in total. The molecule has 2 aliphatic heterocycles. The first-order chi connectivity index (χ1) is 11.6. The Morgan fingerprint density at radius 2 is 2.17 bits per heavy atom. The van der Waals surface area contributed by atoms with Gasteiger partial charge in [0.25, 0.3) is 0 Å². The van der Waals surface area contributed by atoms with Crippen molar-refractivity contribution in [1.82, 2.24) is 20.4 Å². The van der Waals surface area contributed by atoms with E-state index in [1.54, 1.807) is 7.05 Å². The molecule has 4 atom stereocenters. The summed E-state index contributed by atoms with van der Waals surface area (Å²) < 4.78 is 0. The predicted octanol–water partition coefficient (Wildman–Crippen LogP) is 0.514. The van der Waals surface area contributed by atoms with Crippen molar-refractivity contribution in [2.24, 2.45) is 21.6 Å². The minimum absolute atomic E-state index is 0.210. The van der Waals surface area contributed by atoms with Crippen molar-refractivity contribution in [1.29, 1.82) is 0 Å². The molecule has 24 heavy (non-hydrogen) atoms. The fourth-order valence-electron chi connectivity index (χ4n) is 4.23. The molecule has 0 amide bonds. The fraction of sp³-hybridized carbons (Fsp3) is 0.765. The molecule has 0 radical (unpaired) electrons. The maximum Gasteiger partial charge on any atom is 0.200 e. The number of hydrogen-bond donors (Lipinski definition) is 3. The summed E-state index contributed by atoms with van der Waals surface area (Å²) in [4.78, 5) is 13.3. The number of hydrogen-bond acceptors (Lipinski definition) is 4. The Hall–Kier alpha value is -1.76. The molecule has 0 aromatic rings. The van der Waals surface area contributed by atoms with Gasteiger partial charge in [-0.2, -0.15) is 0 Å². The molecule has 4 unspecified atom stereocenters. The van der Waals surface area contributed by atoms with Gasteiger partial charge < -0.3 is 26.2 Å². The number of rotatable bonds is 2. The molecule has 3 rings (SSSR count). The van der Waals surface area contributed by atoms with Gasteiger partial charge in [-0.25, -0.2) is 4.99 Å². The molecular formula is C17H31N7. The number of guanidine groups is 1. The van der Waals surface area contributed by atoms with Crippen molar-refractivity contribution in [2.45, 2.75) is 50.5 Å². The van der Waals surface area contributed by atoms with Crippen LogP contribution in [0.2, 0.25) is 0 Å². The van der Waals surface area contributed by atoms with Gasteiger partial charge >= 0.3 is 0 Å². The van der Waals surface area contributed by atoms with E-state index >= 15 is 0 Å². The summed E-state index contributed by atoms with van der Waals surface area (Å²) in [6.07, 6.45) is 9.95. The third-order valence-corrected chi connectivity index (χ3v) is 5.58. The number of nitrogens with one attached hydrogen (secondary N) is 2. The van der Waals surface area contributed by atoms with Gasteiger partial charge in [-0.1, -0.05) is 0 Å². The Kier molecular flexibility index (Phi) is 5.28. The molecule has 0 bridgehead atoms. The van der Waals surface area contributed by atoms with Crippen molar-refractivity contribution in [2.75, 3.05) is 27.7 Å². The molecule has 1 saturated heterocycles. The lowest BCUT2D eigenvalue weighted by Gasteiger charge is -2.44. The summed E-state index contributed by atoms with van der Waals surface area (Å²) >= 11 is 0. The highest BCUT2D eigenvalue weighted by Crippen LogP contribution is 2.34.